The lowest BCUT2D eigenvalue weighted by atomic mass is 10.1. The number of hydrogen-bond acceptors (Lipinski definition) is 4. The largest absolute Gasteiger partial charge is 0.330 e. The summed E-state index contributed by atoms with van der Waals surface area (Å²) in [6.07, 6.45) is 6.85. The van der Waals surface area contributed by atoms with Gasteiger partial charge in [-0.25, -0.2) is 4.98 Å². The summed E-state index contributed by atoms with van der Waals surface area (Å²) >= 11 is 1.74. The Morgan fingerprint density at radius 1 is 1.38 bits per heavy atom. The predicted molar refractivity (Wildman–Crippen MR) is 70.9 cm³/mol. The van der Waals surface area contributed by atoms with Crippen molar-refractivity contribution in [3.63, 3.8) is 0 Å². The number of nitrogens with one attached hydrogen (secondary N) is 1. The lowest BCUT2D eigenvalue weighted by Gasteiger charge is -2.09. The molecule has 1 aromatic rings. The highest BCUT2D eigenvalue weighted by atomic mass is 32.1. The second-order valence-corrected chi connectivity index (χ2v) is 5.10. The van der Waals surface area contributed by atoms with Gasteiger partial charge in [0.1, 0.15) is 0 Å². The monoisotopic (exact) mass is 241 g/mol. The van der Waals surface area contributed by atoms with Crippen molar-refractivity contribution in [3.8, 4) is 0 Å². The van der Waals surface area contributed by atoms with Gasteiger partial charge in [-0.2, -0.15) is 0 Å². The van der Waals surface area contributed by atoms with Crippen LogP contribution in [0.5, 0.6) is 0 Å². The zero-order chi connectivity index (χ0) is 11.6. The van der Waals surface area contributed by atoms with Crippen LogP contribution in [0.3, 0.4) is 0 Å². The number of nitrogens with zero attached hydrogens (tertiary/aromatic N) is 1. The average molecular weight is 241 g/mol. The van der Waals surface area contributed by atoms with Crippen LogP contribution >= 0.6 is 11.3 Å². The Hall–Kier alpha value is -0.450. The van der Waals surface area contributed by atoms with Crippen LogP contribution in [0.2, 0.25) is 0 Å². The van der Waals surface area contributed by atoms with E-state index < -0.39 is 0 Å². The maximum absolute atomic E-state index is 5.44. The summed E-state index contributed by atoms with van der Waals surface area (Å²) in [6, 6.07) is 0. The Bertz CT molecular complexity index is 249. The zero-order valence-corrected chi connectivity index (χ0v) is 10.9. The molecule has 3 nitrogen and oxygen atoms in total. The van der Waals surface area contributed by atoms with E-state index in [1.165, 1.54) is 24.3 Å². The van der Waals surface area contributed by atoms with Crippen molar-refractivity contribution in [2.45, 2.75) is 38.5 Å². The molecule has 0 fully saturated rings. The van der Waals surface area contributed by atoms with Gasteiger partial charge >= 0.3 is 0 Å². The van der Waals surface area contributed by atoms with E-state index in [1.54, 1.807) is 11.3 Å². The Kier molecular flexibility index (Phi) is 7.38. The number of hydrogen-bond donors (Lipinski definition) is 2. The molecule has 0 saturated heterocycles. The molecule has 1 heterocycles. The van der Waals surface area contributed by atoms with Gasteiger partial charge in [-0.15, -0.1) is 11.3 Å². The summed E-state index contributed by atoms with van der Waals surface area (Å²) in [5.74, 6) is 0.532. The third-order valence-corrected chi connectivity index (χ3v) is 3.64. The average Bonchev–Trinajstić information content (AvgIpc) is 2.81. The lowest BCUT2D eigenvalue weighted by Crippen LogP contribution is -2.21. The molecule has 92 valence electrons. The van der Waals surface area contributed by atoms with Gasteiger partial charge in [-0.05, 0) is 25.9 Å². The maximum atomic E-state index is 5.44. The minimum absolute atomic E-state index is 0.532. The van der Waals surface area contributed by atoms with E-state index in [0.717, 1.165) is 26.1 Å². The van der Waals surface area contributed by atoms with Crippen LogP contribution < -0.4 is 11.1 Å². The summed E-state index contributed by atoms with van der Waals surface area (Å²) in [6.45, 7) is 5.19. The highest BCUT2D eigenvalue weighted by Gasteiger charge is 2.06. The molecule has 0 aliphatic carbocycles. The molecule has 0 radical (unpaired) electrons. The molecule has 1 rings (SSSR count). The van der Waals surface area contributed by atoms with E-state index in [4.69, 9.17) is 5.73 Å². The fraction of sp³-hybridized carbons (Fsp3) is 0.750. The Morgan fingerprint density at radius 2 is 2.19 bits per heavy atom. The summed E-state index contributed by atoms with van der Waals surface area (Å²) in [5, 5.41) is 6.76. The molecule has 0 saturated carbocycles. The molecule has 16 heavy (non-hydrogen) atoms. The van der Waals surface area contributed by atoms with Crippen molar-refractivity contribution in [1.29, 1.82) is 0 Å². The van der Waals surface area contributed by atoms with E-state index >= 15 is 0 Å². The van der Waals surface area contributed by atoms with Gasteiger partial charge in [0, 0.05) is 24.0 Å². The van der Waals surface area contributed by atoms with Gasteiger partial charge in [-0.1, -0.05) is 19.8 Å². The van der Waals surface area contributed by atoms with Crippen LogP contribution in [0, 0.1) is 0 Å². The molecule has 1 atom stereocenters. The molecule has 0 bridgehead atoms. The second kappa shape index (κ2) is 8.67. The second-order valence-electron chi connectivity index (χ2n) is 4.18. The molecule has 3 N–H and O–H groups in total. The quantitative estimate of drug-likeness (QED) is 0.653. The Morgan fingerprint density at radius 3 is 2.88 bits per heavy atom. The van der Waals surface area contributed by atoms with E-state index in [2.05, 4.69) is 17.2 Å². The van der Waals surface area contributed by atoms with Crippen molar-refractivity contribution in [2.24, 2.45) is 5.73 Å². The number of nitrogens with two attached hydrogens (primary N) is 1. The molecule has 0 aliphatic heterocycles. The first-order valence-electron chi connectivity index (χ1n) is 6.14. The highest BCUT2D eigenvalue weighted by molar-refractivity contribution is 7.09. The first kappa shape index (κ1) is 13.6. The van der Waals surface area contributed by atoms with Gasteiger partial charge in [0.25, 0.3) is 0 Å². The fourth-order valence-corrected chi connectivity index (χ4v) is 2.33. The summed E-state index contributed by atoms with van der Waals surface area (Å²) in [4.78, 5) is 4.32. The summed E-state index contributed by atoms with van der Waals surface area (Å²) < 4.78 is 0. The fourth-order valence-electron chi connectivity index (χ4n) is 1.63. The predicted octanol–water partition coefficient (Wildman–Crippen LogP) is 2.36. The first-order valence-corrected chi connectivity index (χ1v) is 7.02. The third-order valence-electron chi connectivity index (χ3n) is 2.63. The van der Waals surface area contributed by atoms with Crippen LogP contribution in [0.1, 0.15) is 43.5 Å². The standard InChI is InChI=1S/C12H23N3S/c1-11(12-15-8-9-16-12)10-14-7-5-3-2-4-6-13/h8-9,11,14H,2-7,10,13H2,1H3. The van der Waals surface area contributed by atoms with Crippen molar-refractivity contribution >= 4 is 11.3 Å². The number of unbranched alkanes of at least 4 members (excludes halogenated alkanes) is 3. The van der Waals surface area contributed by atoms with Crippen LogP contribution in [0.15, 0.2) is 11.6 Å². The molecular weight excluding hydrogens is 218 g/mol. The zero-order valence-electron chi connectivity index (χ0n) is 10.1. The van der Waals surface area contributed by atoms with Crippen molar-refractivity contribution in [3.05, 3.63) is 16.6 Å². The van der Waals surface area contributed by atoms with E-state index in [1.807, 2.05) is 11.6 Å². The number of thiazole rings is 1. The van der Waals surface area contributed by atoms with Gasteiger partial charge in [0.15, 0.2) is 0 Å². The van der Waals surface area contributed by atoms with Crippen molar-refractivity contribution < 1.29 is 0 Å². The summed E-state index contributed by atoms with van der Waals surface area (Å²) in [7, 11) is 0. The molecule has 4 heteroatoms. The number of rotatable bonds is 9. The molecule has 0 spiro atoms. The van der Waals surface area contributed by atoms with Crippen LogP contribution in [-0.4, -0.2) is 24.6 Å². The molecule has 0 amide bonds. The molecule has 1 aromatic heterocycles. The third kappa shape index (κ3) is 5.58. The topological polar surface area (TPSA) is 50.9 Å². The number of aromatic nitrogens is 1. The van der Waals surface area contributed by atoms with Crippen LogP contribution in [0.25, 0.3) is 0 Å². The SMILES string of the molecule is CC(CNCCCCCCN)c1nccs1. The minimum atomic E-state index is 0.532. The van der Waals surface area contributed by atoms with Crippen LogP contribution in [-0.2, 0) is 0 Å². The smallest absolute Gasteiger partial charge is 0.0965 e. The molecule has 0 aliphatic rings. The van der Waals surface area contributed by atoms with Gasteiger partial charge in [0.05, 0.1) is 5.01 Å². The minimum Gasteiger partial charge on any atom is -0.330 e. The normalized spacial score (nSPS) is 12.9. The summed E-state index contributed by atoms with van der Waals surface area (Å²) in [5.41, 5.74) is 5.44. The lowest BCUT2D eigenvalue weighted by molar-refractivity contribution is 0.563. The molecule has 0 aromatic carbocycles. The first-order chi connectivity index (χ1) is 7.84. The van der Waals surface area contributed by atoms with E-state index in [-0.39, 0.29) is 0 Å². The Balaban J connectivity index is 1.95. The van der Waals surface area contributed by atoms with Gasteiger partial charge in [0.2, 0.25) is 0 Å². The Labute approximate surface area is 102 Å². The highest BCUT2D eigenvalue weighted by Crippen LogP contribution is 2.16. The van der Waals surface area contributed by atoms with E-state index in [9.17, 15) is 0 Å². The van der Waals surface area contributed by atoms with Gasteiger partial charge in [-0.3, -0.25) is 0 Å². The molecular formula is C12H23N3S. The van der Waals surface area contributed by atoms with Crippen molar-refractivity contribution in [1.82, 2.24) is 10.3 Å². The maximum Gasteiger partial charge on any atom is 0.0965 e. The van der Waals surface area contributed by atoms with Crippen molar-refractivity contribution in [2.75, 3.05) is 19.6 Å². The van der Waals surface area contributed by atoms with E-state index in [0.29, 0.717) is 5.92 Å². The van der Waals surface area contributed by atoms with Gasteiger partial charge < -0.3 is 11.1 Å². The molecule has 1 unspecified atom stereocenters. The van der Waals surface area contributed by atoms with Crippen LogP contribution in [0.4, 0.5) is 0 Å².